The number of benzene rings is 9. The summed E-state index contributed by atoms with van der Waals surface area (Å²) in [4.78, 5) is 0. The van der Waals surface area contributed by atoms with Crippen LogP contribution in [0.5, 0.6) is 0 Å². The topological polar surface area (TPSA) is 13.1 Å². The number of fused-ring (bicyclic) bond motifs is 16. The summed E-state index contributed by atoms with van der Waals surface area (Å²) in [5.41, 5.74) is 16.9. The molecular formula is C51H30O. The molecule has 1 nitrogen and oxygen atoms in total. The van der Waals surface area contributed by atoms with E-state index in [-0.39, 0.29) is 0 Å². The lowest BCUT2D eigenvalue weighted by molar-refractivity contribution is 0.669. The first-order valence-corrected chi connectivity index (χ1v) is 18.1. The van der Waals surface area contributed by atoms with E-state index in [9.17, 15) is 0 Å². The van der Waals surface area contributed by atoms with Crippen molar-refractivity contribution in [2.45, 2.75) is 5.41 Å². The van der Waals surface area contributed by atoms with Crippen molar-refractivity contribution in [2.75, 3.05) is 0 Å². The van der Waals surface area contributed by atoms with Crippen molar-refractivity contribution in [1.82, 2.24) is 0 Å². The van der Waals surface area contributed by atoms with Crippen molar-refractivity contribution in [2.24, 2.45) is 0 Å². The van der Waals surface area contributed by atoms with Crippen LogP contribution in [0.1, 0.15) is 22.3 Å². The van der Waals surface area contributed by atoms with Gasteiger partial charge in [-0.15, -0.1) is 0 Å². The molecule has 0 atom stereocenters. The minimum Gasteiger partial charge on any atom is -0.456 e. The largest absolute Gasteiger partial charge is 0.456 e. The molecule has 0 unspecified atom stereocenters. The molecule has 0 N–H and O–H groups in total. The monoisotopic (exact) mass is 658 g/mol. The van der Waals surface area contributed by atoms with Crippen molar-refractivity contribution in [3.05, 3.63) is 204 Å². The van der Waals surface area contributed by atoms with E-state index in [1.54, 1.807) is 0 Å². The fourth-order valence-corrected chi connectivity index (χ4v) is 9.60. The Hall–Kier alpha value is -6.70. The molecule has 0 bridgehead atoms. The first kappa shape index (κ1) is 28.0. The van der Waals surface area contributed by atoms with E-state index in [0.717, 1.165) is 27.5 Å². The van der Waals surface area contributed by atoms with E-state index in [1.165, 1.54) is 82.7 Å². The zero-order valence-corrected chi connectivity index (χ0v) is 28.2. The smallest absolute Gasteiger partial charge is 0.136 e. The maximum absolute atomic E-state index is 6.53. The van der Waals surface area contributed by atoms with Crippen LogP contribution in [-0.4, -0.2) is 0 Å². The van der Waals surface area contributed by atoms with Gasteiger partial charge in [-0.25, -0.2) is 0 Å². The van der Waals surface area contributed by atoms with Crippen LogP contribution < -0.4 is 0 Å². The van der Waals surface area contributed by atoms with Gasteiger partial charge in [-0.3, -0.25) is 0 Å². The molecule has 12 rings (SSSR count). The van der Waals surface area contributed by atoms with Crippen LogP contribution in [0, 0.1) is 0 Å². The number of furan rings is 1. The lowest BCUT2D eigenvalue weighted by Crippen LogP contribution is -2.26. The SMILES string of the molecule is c1ccc(-c2ccc3c(c2)C2(c4ccccc4-c4ccccc42)c2c-3ccc3ccc(-c4ccc5c(c4)oc4cc6ccccc6cc45)cc23)cc1. The minimum absolute atomic E-state index is 0.453. The molecule has 52 heavy (non-hydrogen) atoms. The Morgan fingerprint density at radius 2 is 0.885 bits per heavy atom. The van der Waals surface area contributed by atoms with Crippen LogP contribution in [0.4, 0.5) is 0 Å². The van der Waals surface area contributed by atoms with Gasteiger partial charge in [0.25, 0.3) is 0 Å². The van der Waals surface area contributed by atoms with E-state index in [2.05, 4.69) is 182 Å². The highest BCUT2D eigenvalue weighted by Gasteiger charge is 2.52. The van der Waals surface area contributed by atoms with Crippen LogP contribution in [0.2, 0.25) is 0 Å². The van der Waals surface area contributed by atoms with Gasteiger partial charge in [0, 0.05) is 10.8 Å². The Morgan fingerprint density at radius 3 is 1.69 bits per heavy atom. The maximum atomic E-state index is 6.53. The Labute approximate surface area is 301 Å². The second kappa shape index (κ2) is 10.2. The predicted octanol–water partition coefficient (Wildman–Crippen LogP) is 13.6. The fourth-order valence-electron chi connectivity index (χ4n) is 9.60. The molecule has 2 aliphatic rings. The molecule has 2 aliphatic carbocycles. The van der Waals surface area contributed by atoms with Crippen LogP contribution in [0.3, 0.4) is 0 Å². The van der Waals surface area contributed by atoms with Crippen LogP contribution in [0.25, 0.3) is 88.0 Å². The van der Waals surface area contributed by atoms with Gasteiger partial charge in [0.15, 0.2) is 0 Å². The molecule has 9 aromatic carbocycles. The summed E-state index contributed by atoms with van der Waals surface area (Å²) >= 11 is 0. The highest BCUT2D eigenvalue weighted by molar-refractivity contribution is 6.11. The average Bonchev–Trinajstić information content (AvgIpc) is 3.83. The predicted molar refractivity (Wildman–Crippen MR) is 216 cm³/mol. The summed E-state index contributed by atoms with van der Waals surface area (Å²) in [6.45, 7) is 0. The second-order valence-corrected chi connectivity index (χ2v) is 14.4. The summed E-state index contributed by atoms with van der Waals surface area (Å²) < 4.78 is 6.53. The average molecular weight is 659 g/mol. The molecule has 0 fully saturated rings. The molecule has 0 radical (unpaired) electrons. The molecule has 10 aromatic rings. The Balaban J connectivity index is 1.13. The fraction of sp³-hybridized carbons (Fsp3) is 0.0196. The lowest BCUT2D eigenvalue weighted by Gasteiger charge is -2.32. The zero-order chi connectivity index (χ0) is 34.0. The molecule has 1 heterocycles. The first-order chi connectivity index (χ1) is 25.8. The molecule has 0 amide bonds. The van der Waals surface area contributed by atoms with Crippen molar-refractivity contribution in [3.63, 3.8) is 0 Å². The summed E-state index contributed by atoms with van der Waals surface area (Å²) in [6.07, 6.45) is 0. The molecule has 1 heteroatoms. The zero-order valence-electron chi connectivity index (χ0n) is 28.2. The second-order valence-electron chi connectivity index (χ2n) is 14.4. The summed E-state index contributed by atoms with van der Waals surface area (Å²) in [5.74, 6) is 0. The third-order valence-electron chi connectivity index (χ3n) is 11.8. The van der Waals surface area contributed by atoms with Gasteiger partial charge in [-0.05, 0) is 125 Å². The summed E-state index contributed by atoms with van der Waals surface area (Å²) in [6, 6.07) is 67.4. The molecule has 0 aliphatic heterocycles. The third-order valence-corrected chi connectivity index (χ3v) is 11.8. The number of hydrogen-bond donors (Lipinski definition) is 0. The van der Waals surface area contributed by atoms with E-state index in [4.69, 9.17) is 4.42 Å². The highest BCUT2D eigenvalue weighted by Crippen LogP contribution is 2.64. The number of hydrogen-bond acceptors (Lipinski definition) is 1. The molecule has 240 valence electrons. The van der Waals surface area contributed by atoms with Crippen LogP contribution >= 0.6 is 0 Å². The lowest BCUT2D eigenvalue weighted by atomic mass is 9.69. The quantitative estimate of drug-likeness (QED) is 0.180. The van der Waals surface area contributed by atoms with Gasteiger partial charge in [0.2, 0.25) is 0 Å². The Morgan fingerprint density at radius 1 is 0.308 bits per heavy atom. The van der Waals surface area contributed by atoms with E-state index in [1.807, 2.05) is 0 Å². The maximum Gasteiger partial charge on any atom is 0.136 e. The van der Waals surface area contributed by atoms with Gasteiger partial charge >= 0.3 is 0 Å². The van der Waals surface area contributed by atoms with Crippen molar-refractivity contribution in [3.8, 4) is 44.5 Å². The molecular weight excluding hydrogens is 629 g/mol. The van der Waals surface area contributed by atoms with E-state index >= 15 is 0 Å². The van der Waals surface area contributed by atoms with Gasteiger partial charge in [-0.1, -0.05) is 146 Å². The first-order valence-electron chi connectivity index (χ1n) is 18.1. The van der Waals surface area contributed by atoms with E-state index in [0.29, 0.717) is 0 Å². The highest BCUT2D eigenvalue weighted by atomic mass is 16.3. The van der Waals surface area contributed by atoms with Crippen molar-refractivity contribution in [1.29, 1.82) is 0 Å². The molecule has 1 spiro atoms. The Kier molecular flexibility index (Phi) is 5.49. The standard InChI is InChI=1S/C51H30O/c1-2-10-31(11-3-1)36-21-23-40-42-25-20-32-18-19-35(37-22-24-41-44-27-33-12-4-5-13-34(33)29-49(44)52-48(41)30-37)26-43(32)50(42)51(47(40)28-36)45-16-8-6-14-38(45)39-15-7-9-17-46(39)51/h1-30H. The van der Waals surface area contributed by atoms with E-state index < -0.39 is 5.41 Å². The normalized spacial score (nSPS) is 13.5. The molecule has 1 aromatic heterocycles. The Bertz CT molecular complexity index is 3080. The summed E-state index contributed by atoms with van der Waals surface area (Å²) in [7, 11) is 0. The van der Waals surface area contributed by atoms with Crippen molar-refractivity contribution < 1.29 is 4.42 Å². The minimum atomic E-state index is -0.453. The third kappa shape index (κ3) is 3.62. The van der Waals surface area contributed by atoms with Crippen LogP contribution in [0.15, 0.2) is 186 Å². The summed E-state index contributed by atoms with van der Waals surface area (Å²) in [5, 5.41) is 7.26. The van der Waals surface area contributed by atoms with Gasteiger partial charge in [0.05, 0.1) is 5.41 Å². The van der Waals surface area contributed by atoms with Gasteiger partial charge in [-0.2, -0.15) is 0 Å². The molecule has 0 saturated heterocycles. The van der Waals surface area contributed by atoms with Crippen molar-refractivity contribution >= 4 is 43.5 Å². The number of rotatable bonds is 2. The van der Waals surface area contributed by atoms with Gasteiger partial charge in [0.1, 0.15) is 11.2 Å². The van der Waals surface area contributed by atoms with Crippen LogP contribution in [-0.2, 0) is 5.41 Å². The molecule has 0 saturated carbocycles. The van der Waals surface area contributed by atoms with Gasteiger partial charge < -0.3 is 4.42 Å².